The van der Waals surface area contributed by atoms with Crippen molar-refractivity contribution in [1.29, 1.82) is 0 Å². The fraction of sp³-hybridized carbons (Fsp3) is 0.133. The number of carbonyl (C=O) groups excluding carboxylic acids is 1. The van der Waals surface area contributed by atoms with Crippen molar-refractivity contribution in [1.82, 2.24) is 0 Å². The van der Waals surface area contributed by atoms with Gasteiger partial charge in [0, 0.05) is 6.04 Å². The average Bonchev–Trinajstić information content (AvgIpc) is 2.52. The Bertz CT molecular complexity index is 965. The van der Waals surface area contributed by atoms with Gasteiger partial charge in [0.1, 0.15) is 5.75 Å². The van der Waals surface area contributed by atoms with Crippen LogP contribution in [0.1, 0.15) is 5.56 Å². The molecular weight excluding hydrogens is 742 g/mol. The summed E-state index contributed by atoms with van der Waals surface area (Å²) in [5, 5.41) is 10.8. The van der Waals surface area contributed by atoms with E-state index in [1.54, 1.807) is 18.2 Å². The Morgan fingerprint density at radius 3 is 2.18 bits per heavy atom. The predicted molar refractivity (Wildman–Crippen MR) is 120 cm³/mol. The van der Waals surface area contributed by atoms with Gasteiger partial charge in [-0.3, -0.25) is 4.55 Å². The first kappa shape index (κ1) is 26.6. The third kappa shape index (κ3) is 8.01. The molecule has 2 aromatic rings. The van der Waals surface area contributed by atoms with E-state index in [9.17, 15) is 18.3 Å². The van der Waals surface area contributed by atoms with Crippen LogP contribution >= 0.6 is 67.8 Å². The summed E-state index contributed by atoms with van der Waals surface area (Å²) in [5.74, 6) is -0.359. The molecule has 28 heavy (non-hydrogen) atoms. The van der Waals surface area contributed by atoms with Crippen molar-refractivity contribution in [2.24, 2.45) is 5.73 Å². The second-order valence-electron chi connectivity index (χ2n) is 5.22. The number of halogens is 3. The van der Waals surface area contributed by atoms with Crippen LogP contribution < -0.4 is 49.3 Å². The second kappa shape index (κ2) is 11.3. The van der Waals surface area contributed by atoms with E-state index in [0.29, 0.717) is 15.1 Å². The summed E-state index contributed by atoms with van der Waals surface area (Å²) >= 11 is 5.98. The standard InChI is InChI=1S/C15H12I3NO7S.Na/c16-9-6-8(1-2-13(9)26-27(22,23)24)25-14-10(17)3-7(4-11(14)18)5-12(19)15(20)21;/h1-4,6,12H,5,19H2,(H,20,21)(H,22,23,24);/q;+1/p-1. The summed E-state index contributed by atoms with van der Waals surface area (Å²) < 4.78 is 42.6. The van der Waals surface area contributed by atoms with E-state index in [4.69, 9.17) is 15.0 Å². The molecule has 1 atom stereocenters. The Balaban J connectivity index is 0.00000392. The van der Waals surface area contributed by atoms with Gasteiger partial charge in [-0.05, 0) is 110 Å². The molecule has 0 amide bonds. The van der Waals surface area contributed by atoms with Crippen molar-refractivity contribution in [3.05, 3.63) is 46.6 Å². The van der Waals surface area contributed by atoms with Gasteiger partial charge in [0.15, 0.2) is 11.5 Å². The fourth-order valence-corrected chi connectivity index (χ4v) is 5.24. The van der Waals surface area contributed by atoms with E-state index in [-0.39, 0.29) is 41.7 Å². The summed E-state index contributed by atoms with van der Waals surface area (Å²) in [7, 11) is -4.61. The topological polar surface area (TPSA) is 139 Å². The van der Waals surface area contributed by atoms with E-state index >= 15 is 0 Å². The number of carboxylic acids is 1. The second-order valence-corrected chi connectivity index (χ2v) is 9.73. The molecule has 0 fully saturated rings. The van der Waals surface area contributed by atoms with Gasteiger partial charge in [-0.2, -0.15) is 8.42 Å². The Kier molecular flexibility index (Phi) is 10.7. The van der Waals surface area contributed by atoms with Crippen LogP contribution in [0, 0.1) is 10.7 Å². The molecule has 0 bridgehead atoms. The zero-order chi connectivity index (χ0) is 20.4. The maximum atomic E-state index is 10.8. The maximum Gasteiger partial charge on any atom is 1.00 e. The molecule has 13 heteroatoms. The smallest absolute Gasteiger partial charge is 0.548 e. The molecule has 0 aromatic heterocycles. The van der Waals surface area contributed by atoms with Crippen molar-refractivity contribution < 1.29 is 61.3 Å². The first-order chi connectivity index (χ1) is 12.5. The van der Waals surface area contributed by atoms with Gasteiger partial charge < -0.3 is 24.6 Å². The van der Waals surface area contributed by atoms with Gasteiger partial charge in [0.05, 0.1) is 16.7 Å². The molecule has 0 heterocycles. The Morgan fingerprint density at radius 2 is 1.71 bits per heavy atom. The summed E-state index contributed by atoms with van der Waals surface area (Å²) in [6.07, 6.45) is 0.133. The van der Waals surface area contributed by atoms with Crippen LogP contribution in [0.4, 0.5) is 0 Å². The van der Waals surface area contributed by atoms with E-state index in [0.717, 1.165) is 12.7 Å². The maximum absolute atomic E-state index is 10.8. The number of aliphatic carboxylic acids is 1. The molecule has 0 saturated heterocycles. The molecule has 2 rings (SSSR count). The number of rotatable bonds is 7. The van der Waals surface area contributed by atoms with E-state index in [2.05, 4.69) is 49.4 Å². The minimum atomic E-state index is -4.61. The predicted octanol–water partition coefficient (Wildman–Crippen LogP) is -0.902. The number of nitrogens with two attached hydrogens (primary N) is 1. The third-order valence-corrected chi connectivity index (χ3v) is 5.97. The Labute approximate surface area is 224 Å². The van der Waals surface area contributed by atoms with Crippen molar-refractivity contribution in [3.63, 3.8) is 0 Å². The van der Waals surface area contributed by atoms with Crippen molar-refractivity contribution in [2.75, 3.05) is 0 Å². The minimum Gasteiger partial charge on any atom is -0.548 e. The van der Waals surface area contributed by atoms with Crippen molar-refractivity contribution in [2.45, 2.75) is 12.5 Å². The van der Waals surface area contributed by atoms with Gasteiger partial charge >= 0.3 is 40.0 Å². The van der Waals surface area contributed by atoms with Crippen LogP contribution in [0.3, 0.4) is 0 Å². The molecule has 146 valence electrons. The molecule has 2 aromatic carbocycles. The van der Waals surface area contributed by atoms with Crippen LogP contribution in [-0.2, 0) is 21.6 Å². The number of carboxylic acid groups (broad SMARTS) is 1. The summed E-state index contributed by atoms with van der Waals surface area (Å²) in [5.41, 5.74) is 6.25. The van der Waals surface area contributed by atoms with E-state index in [1.807, 2.05) is 22.6 Å². The van der Waals surface area contributed by atoms with Gasteiger partial charge in [0.25, 0.3) is 0 Å². The van der Waals surface area contributed by atoms with Gasteiger partial charge in [-0.15, -0.1) is 0 Å². The quantitative estimate of drug-likeness (QED) is 0.211. The first-order valence-corrected chi connectivity index (χ1v) is 11.6. The average molecular weight is 753 g/mol. The fourth-order valence-electron chi connectivity index (χ4n) is 2.01. The molecule has 0 spiro atoms. The van der Waals surface area contributed by atoms with Crippen LogP contribution in [0.15, 0.2) is 30.3 Å². The zero-order valence-electron chi connectivity index (χ0n) is 14.2. The SMILES string of the molecule is NC(Cc1cc(I)c(Oc2ccc(OS(=O)(=O)O)c(I)c2)c(I)c1)C(=O)[O-].[Na+]. The largest absolute Gasteiger partial charge is 1.00 e. The van der Waals surface area contributed by atoms with Crippen LogP contribution in [0.2, 0.25) is 0 Å². The monoisotopic (exact) mass is 753 g/mol. The van der Waals surface area contributed by atoms with Crippen LogP contribution in [-0.4, -0.2) is 25.0 Å². The molecular formula is C15H11I3NNaO7S. The molecule has 8 nitrogen and oxygen atoms in total. The number of ether oxygens (including phenoxy) is 1. The molecule has 0 aliphatic rings. The number of hydrogen-bond acceptors (Lipinski definition) is 7. The van der Waals surface area contributed by atoms with Crippen LogP contribution in [0.5, 0.6) is 17.2 Å². The Hall–Kier alpha value is 0.570. The first-order valence-electron chi connectivity index (χ1n) is 7.05. The van der Waals surface area contributed by atoms with Crippen molar-refractivity contribution >= 4 is 84.1 Å². The molecule has 0 radical (unpaired) electrons. The van der Waals surface area contributed by atoms with Gasteiger partial charge in [-0.25, -0.2) is 0 Å². The van der Waals surface area contributed by atoms with E-state index in [1.165, 1.54) is 12.1 Å². The Morgan fingerprint density at radius 1 is 1.14 bits per heavy atom. The molecule has 0 aliphatic heterocycles. The zero-order valence-corrected chi connectivity index (χ0v) is 23.5. The summed E-state index contributed by atoms with van der Waals surface area (Å²) in [4.78, 5) is 10.8. The molecule has 3 N–H and O–H groups in total. The minimum absolute atomic E-state index is 0. The number of benzene rings is 2. The van der Waals surface area contributed by atoms with Gasteiger partial charge in [0.2, 0.25) is 0 Å². The van der Waals surface area contributed by atoms with E-state index < -0.39 is 22.4 Å². The third-order valence-electron chi connectivity index (χ3n) is 3.13. The van der Waals surface area contributed by atoms with Crippen LogP contribution in [0.25, 0.3) is 0 Å². The number of carbonyl (C=O) groups is 1. The summed E-state index contributed by atoms with van der Waals surface area (Å²) in [6, 6.07) is 6.84. The van der Waals surface area contributed by atoms with Crippen molar-refractivity contribution in [3.8, 4) is 17.2 Å². The summed E-state index contributed by atoms with van der Waals surface area (Å²) in [6.45, 7) is 0. The molecule has 0 saturated carbocycles. The van der Waals surface area contributed by atoms with Gasteiger partial charge in [-0.1, -0.05) is 0 Å². The normalized spacial score (nSPS) is 12.0. The molecule has 1 unspecified atom stereocenters. The molecule has 0 aliphatic carbocycles. The number of hydrogen-bond donors (Lipinski definition) is 2.